The van der Waals surface area contributed by atoms with Gasteiger partial charge in [-0.1, -0.05) is 66.2 Å². The highest BCUT2D eigenvalue weighted by Crippen LogP contribution is 2.39. The number of carbonyl (C=O) groups excluding carboxylic acids is 1. The maximum Gasteiger partial charge on any atom is 0.189 e. The fourth-order valence-electron chi connectivity index (χ4n) is 3.01. The number of allylic oxidation sites excluding steroid dienone is 1. The zero-order valence-electron chi connectivity index (χ0n) is 12.2. The molecule has 0 atom stereocenters. The van der Waals surface area contributed by atoms with Crippen molar-refractivity contribution < 1.29 is 4.79 Å². The van der Waals surface area contributed by atoms with E-state index in [4.69, 9.17) is 0 Å². The van der Waals surface area contributed by atoms with Crippen LogP contribution in [0.1, 0.15) is 41.8 Å². The van der Waals surface area contributed by atoms with E-state index >= 15 is 0 Å². The van der Waals surface area contributed by atoms with Crippen LogP contribution in [0.3, 0.4) is 0 Å². The number of ketones is 1. The predicted octanol–water partition coefficient (Wildman–Crippen LogP) is 5.40. The molecule has 2 heteroatoms. The molecule has 0 spiro atoms. The molecule has 1 nitrogen and oxygen atoms in total. The van der Waals surface area contributed by atoms with Crippen LogP contribution >= 0.6 is 15.9 Å². The molecule has 0 bridgehead atoms. The van der Waals surface area contributed by atoms with Gasteiger partial charge in [0.1, 0.15) is 0 Å². The first-order valence-electron chi connectivity index (χ1n) is 7.08. The summed E-state index contributed by atoms with van der Waals surface area (Å²) in [4.78, 5) is 12.7. The van der Waals surface area contributed by atoms with Gasteiger partial charge in [-0.2, -0.15) is 0 Å². The Morgan fingerprint density at radius 1 is 1.10 bits per heavy atom. The van der Waals surface area contributed by atoms with Crippen LogP contribution in [0.5, 0.6) is 0 Å². The summed E-state index contributed by atoms with van der Waals surface area (Å²) in [5.41, 5.74) is 3.93. The van der Waals surface area contributed by atoms with E-state index in [0.717, 1.165) is 33.2 Å². The smallest absolute Gasteiger partial charge is 0.189 e. The summed E-state index contributed by atoms with van der Waals surface area (Å²) in [7, 11) is 0. The molecule has 0 aromatic heterocycles. The van der Waals surface area contributed by atoms with Gasteiger partial charge in [0.2, 0.25) is 0 Å². The van der Waals surface area contributed by atoms with Crippen LogP contribution in [-0.2, 0) is 5.41 Å². The standard InChI is InChI=1S/C19H17BrO/c1-19(2)12-14(10-13-6-5-7-15(20)11-13)18(21)16-8-3-4-9-17(16)19/h3-11H,12H2,1-2H3. The first-order valence-corrected chi connectivity index (χ1v) is 7.87. The Labute approximate surface area is 133 Å². The van der Waals surface area contributed by atoms with Crippen LogP contribution in [0.25, 0.3) is 6.08 Å². The molecular formula is C19H17BrO. The third kappa shape index (κ3) is 2.73. The molecule has 21 heavy (non-hydrogen) atoms. The lowest BCUT2D eigenvalue weighted by molar-refractivity contribution is 0.101. The van der Waals surface area contributed by atoms with Crippen LogP contribution in [0.2, 0.25) is 0 Å². The minimum absolute atomic E-state index is 0.0116. The second-order valence-electron chi connectivity index (χ2n) is 6.16. The molecule has 0 amide bonds. The zero-order valence-corrected chi connectivity index (χ0v) is 13.8. The van der Waals surface area contributed by atoms with Crippen LogP contribution in [-0.4, -0.2) is 5.78 Å². The number of benzene rings is 2. The van der Waals surface area contributed by atoms with Crippen molar-refractivity contribution in [3.8, 4) is 0 Å². The molecule has 0 radical (unpaired) electrons. The fourth-order valence-corrected chi connectivity index (χ4v) is 3.43. The van der Waals surface area contributed by atoms with E-state index < -0.39 is 0 Å². The Morgan fingerprint density at radius 2 is 1.86 bits per heavy atom. The quantitative estimate of drug-likeness (QED) is 0.635. The van der Waals surface area contributed by atoms with Gasteiger partial charge in [0.15, 0.2) is 5.78 Å². The first-order chi connectivity index (χ1) is 9.97. The van der Waals surface area contributed by atoms with Crippen molar-refractivity contribution in [2.24, 2.45) is 0 Å². The molecule has 1 aliphatic rings. The summed E-state index contributed by atoms with van der Waals surface area (Å²) in [5, 5.41) is 0. The van der Waals surface area contributed by atoms with Gasteiger partial charge in [-0.3, -0.25) is 4.79 Å². The number of hydrogen-bond donors (Lipinski definition) is 0. The van der Waals surface area contributed by atoms with Crippen LogP contribution in [0.4, 0.5) is 0 Å². The van der Waals surface area contributed by atoms with Gasteiger partial charge >= 0.3 is 0 Å². The maximum absolute atomic E-state index is 12.7. The van der Waals surface area contributed by atoms with Crippen molar-refractivity contribution >= 4 is 27.8 Å². The predicted molar refractivity (Wildman–Crippen MR) is 90.5 cm³/mol. The summed E-state index contributed by atoms with van der Waals surface area (Å²) in [6, 6.07) is 16.0. The average molecular weight is 341 g/mol. The van der Waals surface area contributed by atoms with Gasteiger partial charge in [0.05, 0.1) is 0 Å². The molecule has 0 unspecified atom stereocenters. The molecule has 0 fully saturated rings. The Morgan fingerprint density at radius 3 is 2.62 bits per heavy atom. The number of halogens is 1. The van der Waals surface area contributed by atoms with Crippen molar-refractivity contribution in [3.63, 3.8) is 0 Å². The van der Waals surface area contributed by atoms with Gasteiger partial charge < -0.3 is 0 Å². The second-order valence-corrected chi connectivity index (χ2v) is 7.08. The Bertz CT molecular complexity index is 741. The first kappa shape index (κ1) is 14.3. The second kappa shape index (κ2) is 5.27. The molecule has 0 heterocycles. The van der Waals surface area contributed by atoms with E-state index in [2.05, 4.69) is 35.8 Å². The summed E-state index contributed by atoms with van der Waals surface area (Å²) < 4.78 is 1.03. The van der Waals surface area contributed by atoms with Crippen LogP contribution < -0.4 is 0 Å². The summed E-state index contributed by atoms with van der Waals surface area (Å²) in [6.45, 7) is 4.40. The van der Waals surface area contributed by atoms with Gasteiger partial charge in [-0.15, -0.1) is 0 Å². The van der Waals surface area contributed by atoms with E-state index in [1.807, 2.05) is 48.5 Å². The highest BCUT2D eigenvalue weighted by Gasteiger charge is 2.34. The Balaban J connectivity index is 2.09. The monoisotopic (exact) mass is 340 g/mol. The van der Waals surface area contributed by atoms with Crippen molar-refractivity contribution in [1.82, 2.24) is 0 Å². The van der Waals surface area contributed by atoms with Crippen molar-refractivity contribution in [2.45, 2.75) is 25.7 Å². The third-order valence-corrected chi connectivity index (χ3v) is 4.51. The molecule has 2 aromatic carbocycles. The molecule has 0 N–H and O–H groups in total. The van der Waals surface area contributed by atoms with Crippen LogP contribution in [0, 0.1) is 0 Å². The van der Waals surface area contributed by atoms with Gasteiger partial charge in [0, 0.05) is 15.6 Å². The van der Waals surface area contributed by atoms with E-state index in [0.29, 0.717) is 0 Å². The Kier molecular flexibility index (Phi) is 3.58. The van der Waals surface area contributed by atoms with Crippen molar-refractivity contribution in [1.29, 1.82) is 0 Å². The van der Waals surface area contributed by atoms with E-state index in [9.17, 15) is 4.79 Å². The SMILES string of the molecule is CC1(C)CC(=Cc2cccc(Br)c2)C(=O)c2ccccc21. The summed E-state index contributed by atoms with van der Waals surface area (Å²) in [6.07, 6.45) is 2.79. The molecular weight excluding hydrogens is 324 g/mol. The number of hydrogen-bond acceptors (Lipinski definition) is 1. The van der Waals surface area contributed by atoms with Crippen LogP contribution in [0.15, 0.2) is 58.6 Å². The van der Waals surface area contributed by atoms with Crippen molar-refractivity contribution in [3.05, 3.63) is 75.3 Å². The Hall–Kier alpha value is -1.67. The minimum Gasteiger partial charge on any atom is -0.289 e. The molecule has 1 aliphatic carbocycles. The van der Waals surface area contributed by atoms with Crippen molar-refractivity contribution in [2.75, 3.05) is 0 Å². The summed E-state index contributed by atoms with van der Waals surface area (Å²) in [5.74, 6) is 0.157. The zero-order chi connectivity index (χ0) is 15.0. The highest BCUT2D eigenvalue weighted by molar-refractivity contribution is 9.10. The molecule has 0 saturated carbocycles. The van der Waals surface area contributed by atoms with E-state index in [-0.39, 0.29) is 11.2 Å². The van der Waals surface area contributed by atoms with Gasteiger partial charge in [-0.05, 0) is 41.2 Å². The number of carbonyl (C=O) groups is 1. The average Bonchev–Trinajstić information content (AvgIpc) is 2.44. The third-order valence-electron chi connectivity index (χ3n) is 4.01. The molecule has 2 aromatic rings. The van der Waals surface area contributed by atoms with Gasteiger partial charge in [0.25, 0.3) is 0 Å². The lowest BCUT2D eigenvalue weighted by Crippen LogP contribution is -2.29. The summed E-state index contributed by atoms with van der Waals surface area (Å²) >= 11 is 3.48. The normalized spacial score (nSPS) is 18.6. The van der Waals surface area contributed by atoms with E-state index in [1.54, 1.807) is 0 Å². The number of fused-ring (bicyclic) bond motifs is 1. The number of Topliss-reactive ketones (excluding diaryl/α,β-unsaturated/α-hetero) is 1. The molecule has 106 valence electrons. The van der Waals surface area contributed by atoms with Gasteiger partial charge in [-0.25, -0.2) is 0 Å². The van der Waals surface area contributed by atoms with E-state index in [1.165, 1.54) is 0 Å². The highest BCUT2D eigenvalue weighted by atomic mass is 79.9. The lowest BCUT2D eigenvalue weighted by atomic mass is 9.70. The molecule has 0 saturated heterocycles. The fraction of sp³-hybridized carbons (Fsp3) is 0.211. The molecule has 0 aliphatic heterocycles. The minimum atomic E-state index is -0.0116. The lowest BCUT2D eigenvalue weighted by Gasteiger charge is -2.33. The largest absolute Gasteiger partial charge is 0.289 e. The maximum atomic E-state index is 12.7. The topological polar surface area (TPSA) is 17.1 Å². The molecule has 3 rings (SSSR count). The number of rotatable bonds is 1.